The van der Waals surface area contributed by atoms with Crippen molar-refractivity contribution in [3.05, 3.63) is 41.4 Å². The molecule has 0 saturated carbocycles. The normalized spacial score (nSPS) is 9.80. The predicted octanol–water partition coefficient (Wildman–Crippen LogP) is 3.27. The SMILES string of the molecule is C=C(C)CN(C(C)=O)c1ccccc1Cl. The van der Waals surface area contributed by atoms with Crippen LogP contribution in [-0.2, 0) is 4.79 Å². The number of rotatable bonds is 3. The first-order chi connectivity index (χ1) is 7.02. The van der Waals surface area contributed by atoms with Crippen molar-refractivity contribution >= 4 is 23.2 Å². The van der Waals surface area contributed by atoms with Gasteiger partial charge >= 0.3 is 0 Å². The summed E-state index contributed by atoms with van der Waals surface area (Å²) >= 11 is 6.02. The molecule has 0 spiro atoms. The molecule has 0 atom stereocenters. The zero-order valence-electron chi connectivity index (χ0n) is 8.96. The van der Waals surface area contributed by atoms with E-state index >= 15 is 0 Å². The quantitative estimate of drug-likeness (QED) is 0.721. The molecule has 1 aromatic rings. The molecule has 0 unspecified atom stereocenters. The average molecular weight is 224 g/mol. The molecule has 0 aliphatic heterocycles. The lowest BCUT2D eigenvalue weighted by Gasteiger charge is -2.22. The number of nitrogens with zero attached hydrogens (tertiary/aromatic N) is 1. The predicted molar refractivity (Wildman–Crippen MR) is 64.3 cm³/mol. The average Bonchev–Trinajstić information content (AvgIpc) is 2.15. The van der Waals surface area contributed by atoms with E-state index < -0.39 is 0 Å². The van der Waals surface area contributed by atoms with Crippen LogP contribution in [0, 0.1) is 0 Å². The molecule has 2 nitrogen and oxygen atoms in total. The summed E-state index contributed by atoms with van der Waals surface area (Å²) in [7, 11) is 0. The summed E-state index contributed by atoms with van der Waals surface area (Å²) in [6, 6.07) is 7.29. The molecule has 0 aromatic heterocycles. The van der Waals surface area contributed by atoms with Gasteiger partial charge in [-0.1, -0.05) is 35.9 Å². The summed E-state index contributed by atoms with van der Waals surface area (Å²) in [5.74, 6) is -0.0360. The number of para-hydroxylation sites is 1. The Balaban J connectivity index is 3.04. The number of hydrogen-bond donors (Lipinski definition) is 0. The lowest BCUT2D eigenvalue weighted by molar-refractivity contribution is -0.116. The van der Waals surface area contributed by atoms with Crippen molar-refractivity contribution in [3.63, 3.8) is 0 Å². The second kappa shape index (κ2) is 4.99. The molecular formula is C12H14ClNO. The summed E-state index contributed by atoms with van der Waals surface area (Å²) < 4.78 is 0. The molecule has 0 heterocycles. The van der Waals surface area contributed by atoms with Gasteiger partial charge in [-0.25, -0.2) is 0 Å². The molecule has 1 aromatic carbocycles. The maximum absolute atomic E-state index is 11.5. The van der Waals surface area contributed by atoms with Crippen LogP contribution in [-0.4, -0.2) is 12.5 Å². The molecule has 0 radical (unpaired) electrons. The van der Waals surface area contributed by atoms with Gasteiger partial charge in [0.05, 0.1) is 10.7 Å². The number of carbonyl (C=O) groups excluding carboxylic acids is 1. The number of amides is 1. The molecule has 0 bridgehead atoms. The number of anilines is 1. The van der Waals surface area contributed by atoms with Crippen LogP contribution in [0.5, 0.6) is 0 Å². The van der Waals surface area contributed by atoms with Gasteiger partial charge in [0.15, 0.2) is 0 Å². The van der Waals surface area contributed by atoms with E-state index in [1.165, 1.54) is 6.92 Å². The van der Waals surface area contributed by atoms with Gasteiger partial charge in [-0.2, -0.15) is 0 Å². The molecule has 3 heteroatoms. The summed E-state index contributed by atoms with van der Waals surface area (Å²) in [5.41, 5.74) is 1.65. The molecule has 15 heavy (non-hydrogen) atoms. The van der Waals surface area contributed by atoms with E-state index in [1.54, 1.807) is 11.0 Å². The molecule has 0 fully saturated rings. The topological polar surface area (TPSA) is 20.3 Å². The highest BCUT2D eigenvalue weighted by Crippen LogP contribution is 2.25. The standard InChI is InChI=1S/C12H14ClNO/c1-9(2)8-14(10(3)15)12-7-5-4-6-11(12)13/h4-7H,1,8H2,2-3H3. The van der Waals surface area contributed by atoms with E-state index in [0.717, 1.165) is 11.3 Å². The van der Waals surface area contributed by atoms with Crippen LogP contribution >= 0.6 is 11.6 Å². The van der Waals surface area contributed by atoms with Crippen LogP contribution in [0.2, 0.25) is 5.02 Å². The van der Waals surface area contributed by atoms with Crippen molar-refractivity contribution in [1.82, 2.24) is 0 Å². The first kappa shape index (κ1) is 11.8. The fourth-order valence-electron chi connectivity index (χ4n) is 1.31. The van der Waals surface area contributed by atoms with E-state index in [2.05, 4.69) is 6.58 Å². The van der Waals surface area contributed by atoms with Gasteiger partial charge in [-0.15, -0.1) is 0 Å². The number of carbonyl (C=O) groups is 1. The van der Waals surface area contributed by atoms with Crippen molar-refractivity contribution < 1.29 is 4.79 Å². The Labute approximate surface area is 95.2 Å². The van der Waals surface area contributed by atoms with E-state index in [1.807, 2.05) is 25.1 Å². The molecule has 1 rings (SSSR count). The van der Waals surface area contributed by atoms with Gasteiger partial charge in [0.2, 0.25) is 5.91 Å². The Kier molecular flexibility index (Phi) is 3.92. The molecular weight excluding hydrogens is 210 g/mol. The van der Waals surface area contributed by atoms with Crippen molar-refractivity contribution in [2.75, 3.05) is 11.4 Å². The van der Waals surface area contributed by atoms with Crippen LogP contribution in [0.15, 0.2) is 36.4 Å². The molecule has 0 saturated heterocycles. The van der Waals surface area contributed by atoms with Crippen molar-refractivity contribution in [2.24, 2.45) is 0 Å². The highest BCUT2D eigenvalue weighted by molar-refractivity contribution is 6.33. The molecule has 1 amide bonds. The Morgan fingerprint density at radius 3 is 2.47 bits per heavy atom. The fraction of sp³-hybridized carbons (Fsp3) is 0.250. The Morgan fingerprint density at radius 1 is 1.40 bits per heavy atom. The minimum atomic E-state index is -0.0360. The molecule has 0 aliphatic rings. The zero-order chi connectivity index (χ0) is 11.4. The van der Waals surface area contributed by atoms with Gasteiger partial charge < -0.3 is 4.90 Å². The lowest BCUT2D eigenvalue weighted by Crippen LogP contribution is -2.30. The smallest absolute Gasteiger partial charge is 0.224 e. The number of hydrogen-bond acceptors (Lipinski definition) is 1. The van der Waals surface area contributed by atoms with Crippen LogP contribution in [0.3, 0.4) is 0 Å². The van der Waals surface area contributed by atoms with E-state index in [4.69, 9.17) is 11.6 Å². The summed E-state index contributed by atoms with van der Waals surface area (Å²) in [6.07, 6.45) is 0. The Morgan fingerprint density at radius 2 is 2.00 bits per heavy atom. The summed E-state index contributed by atoms with van der Waals surface area (Å²) in [5, 5.41) is 0.578. The largest absolute Gasteiger partial charge is 0.307 e. The van der Waals surface area contributed by atoms with Crippen molar-refractivity contribution in [1.29, 1.82) is 0 Å². The van der Waals surface area contributed by atoms with Gasteiger partial charge in [0, 0.05) is 13.5 Å². The fourth-order valence-corrected chi connectivity index (χ4v) is 1.54. The first-order valence-corrected chi connectivity index (χ1v) is 5.07. The van der Waals surface area contributed by atoms with Crippen LogP contribution < -0.4 is 4.90 Å². The van der Waals surface area contributed by atoms with E-state index in [9.17, 15) is 4.79 Å². The van der Waals surface area contributed by atoms with Crippen LogP contribution in [0.4, 0.5) is 5.69 Å². The highest BCUT2D eigenvalue weighted by Gasteiger charge is 2.13. The third-order valence-corrected chi connectivity index (χ3v) is 2.27. The van der Waals surface area contributed by atoms with Crippen molar-refractivity contribution in [2.45, 2.75) is 13.8 Å². The van der Waals surface area contributed by atoms with Gasteiger partial charge in [-0.3, -0.25) is 4.79 Å². The van der Waals surface area contributed by atoms with E-state index in [0.29, 0.717) is 11.6 Å². The Bertz CT molecular complexity index is 387. The zero-order valence-corrected chi connectivity index (χ0v) is 9.71. The minimum absolute atomic E-state index is 0.0360. The van der Waals surface area contributed by atoms with Gasteiger partial charge in [-0.05, 0) is 19.1 Å². The summed E-state index contributed by atoms with van der Waals surface area (Å²) in [6.45, 7) is 7.70. The van der Waals surface area contributed by atoms with Crippen LogP contribution in [0.1, 0.15) is 13.8 Å². The maximum atomic E-state index is 11.5. The first-order valence-electron chi connectivity index (χ1n) is 4.69. The van der Waals surface area contributed by atoms with E-state index in [-0.39, 0.29) is 5.91 Å². The second-order valence-electron chi connectivity index (χ2n) is 3.51. The Hall–Kier alpha value is -1.28. The lowest BCUT2D eigenvalue weighted by atomic mass is 10.2. The molecule has 80 valence electrons. The third kappa shape index (κ3) is 3.10. The molecule has 0 aliphatic carbocycles. The van der Waals surface area contributed by atoms with Crippen LogP contribution in [0.25, 0.3) is 0 Å². The third-order valence-electron chi connectivity index (χ3n) is 1.95. The maximum Gasteiger partial charge on any atom is 0.224 e. The second-order valence-corrected chi connectivity index (χ2v) is 3.92. The summed E-state index contributed by atoms with van der Waals surface area (Å²) in [4.78, 5) is 13.1. The molecule has 0 N–H and O–H groups in total. The minimum Gasteiger partial charge on any atom is -0.307 e. The number of benzene rings is 1. The highest BCUT2D eigenvalue weighted by atomic mass is 35.5. The monoisotopic (exact) mass is 223 g/mol. The van der Waals surface area contributed by atoms with Gasteiger partial charge in [0.25, 0.3) is 0 Å². The van der Waals surface area contributed by atoms with Gasteiger partial charge in [0.1, 0.15) is 0 Å². The van der Waals surface area contributed by atoms with Crippen molar-refractivity contribution in [3.8, 4) is 0 Å². The number of halogens is 1.